The molecule has 0 saturated carbocycles. The molecule has 0 radical (unpaired) electrons. The number of nitrogens with one attached hydrogen (secondary N) is 2. The molecule has 0 aromatic heterocycles. The number of aliphatic imine (C=N–C) groups is 1. The number of esters is 1. The van der Waals surface area contributed by atoms with Gasteiger partial charge in [0.25, 0.3) is 5.91 Å². The maximum Gasteiger partial charge on any atom is 0.306 e. The molecular weight excluding hydrogens is 682 g/mol. The monoisotopic (exact) mass is 725 g/mol. The average molecular weight is 727 g/mol. The van der Waals surface area contributed by atoms with Crippen LogP contribution in [0.2, 0.25) is 0 Å². The van der Waals surface area contributed by atoms with Gasteiger partial charge in [0.05, 0.1) is 20.8 Å². The van der Waals surface area contributed by atoms with E-state index in [0.29, 0.717) is 54.4 Å². The lowest BCUT2D eigenvalue weighted by Crippen LogP contribution is -2.53. The summed E-state index contributed by atoms with van der Waals surface area (Å²) in [5, 5.41) is 9.06. The Morgan fingerprint density at radius 2 is 1.71 bits per heavy atom. The molecule has 0 saturated heterocycles. The Morgan fingerprint density at radius 1 is 1.00 bits per heavy atom. The third kappa shape index (κ3) is 9.71. The molecule has 12 heteroatoms. The van der Waals surface area contributed by atoms with Gasteiger partial charge < -0.3 is 28.8 Å². The number of nitrogens with zero attached hydrogens (tertiary/aromatic N) is 1. The standard InChI is InChI=1S/C36H44BrN3O8/c1-35(2,3)48-31(42)17-19-36(34(43)40-38-20-18-26-23-29(44-4)15-16-30(26)45-5)32(24-7-11-27(37)12-8-24)47-33(39-36)25-9-13-28(14-10-25)46-22-6-21-41/h7-16,23,32,38,41H,6,17-22H2,1-5H3,(H,40,43)/t32-,36-/m0/s1. The van der Waals surface area contributed by atoms with E-state index in [9.17, 15) is 9.59 Å². The van der Waals surface area contributed by atoms with Crippen molar-refractivity contribution in [3.05, 3.63) is 87.9 Å². The SMILES string of the molecule is COc1ccc(OC)c(CCNNC(=O)[C@@]2(CCC(=O)OC(C)(C)C)N=C(c3ccc(OCCCO)cc3)O[C@H]2c2ccc(Br)cc2)c1. The van der Waals surface area contributed by atoms with Crippen LogP contribution in [-0.2, 0) is 25.5 Å². The minimum absolute atomic E-state index is 0.0196. The third-order valence-electron chi connectivity index (χ3n) is 7.54. The summed E-state index contributed by atoms with van der Waals surface area (Å²) < 4.78 is 29.5. The van der Waals surface area contributed by atoms with Crippen LogP contribution in [0, 0.1) is 0 Å². The number of rotatable bonds is 16. The molecule has 48 heavy (non-hydrogen) atoms. The molecule has 1 amide bonds. The van der Waals surface area contributed by atoms with Crippen molar-refractivity contribution in [2.75, 3.05) is 34.0 Å². The fourth-order valence-corrected chi connectivity index (χ4v) is 5.48. The lowest BCUT2D eigenvalue weighted by atomic mass is 9.83. The Hall–Kier alpha value is -4.13. The number of methoxy groups -OCH3 is 2. The topological polar surface area (TPSA) is 137 Å². The minimum Gasteiger partial charge on any atom is -0.497 e. The second-order valence-electron chi connectivity index (χ2n) is 12.2. The number of ether oxygens (including phenoxy) is 5. The van der Waals surface area contributed by atoms with E-state index in [0.717, 1.165) is 10.0 Å². The Bertz CT molecular complexity index is 1560. The molecule has 3 aromatic carbocycles. The van der Waals surface area contributed by atoms with Crippen molar-refractivity contribution in [1.82, 2.24) is 10.9 Å². The lowest BCUT2D eigenvalue weighted by molar-refractivity contribution is -0.155. The van der Waals surface area contributed by atoms with Crippen LogP contribution in [0.25, 0.3) is 0 Å². The Labute approximate surface area is 290 Å². The number of hydrogen-bond acceptors (Lipinski definition) is 10. The highest BCUT2D eigenvalue weighted by Crippen LogP contribution is 2.43. The van der Waals surface area contributed by atoms with E-state index in [2.05, 4.69) is 26.8 Å². The maximum atomic E-state index is 14.3. The first kappa shape index (κ1) is 36.7. The van der Waals surface area contributed by atoms with Gasteiger partial charge in [0.15, 0.2) is 11.6 Å². The first-order chi connectivity index (χ1) is 23.0. The summed E-state index contributed by atoms with van der Waals surface area (Å²) in [6.07, 6.45) is 0.133. The molecule has 0 fully saturated rings. The van der Waals surface area contributed by atoms with Crippen LogP contribution in [0.4, 0.5) is 0 Å². The molecule has 1 aliphatic heterocycles. The smallest absolute Gasteiger partial charge is 0.306 e. The zero-order valence-electron chi connectivity index (χ0n) is 28.0. The van der Waals surface area contributed by atoms with Crippen molar-refractivity contribution in [2.24, 2.45) is 4.99 Å². The Morgan fingerprint density at radius 3 is 2.35 bits per heavy atom. The molecule has 0 unspecified atom stereocenters. The highest BCUT2D eigenvalue weighted by atomic mass is 79.9. The molecule has 11 nitrogen and oxygen atoms in total. The Balaban J connectivity index is 1.64. The normalized spacial score (nSPS) is 17.2. The number of aliphatic hydroxyl groups is 1. The molecule has 0 bridgehead atoms. The number of carbonyl (C=O) groups excluding carboxylic acids is 2. The first-order valence-electron chi connectivity index (χ1n) is 15.8. The summed E-state index contributed by atoms with van der Waals surface area (Å²) in [6.45, 7) is 6.18. The average Bonchev–Trinajstić information content (AvgIpc) is 3.46. The van der Waals surface area contributed by atoms with E-state index in [1.165, 1.54) is 0 Å². The Kier molecular flexibility index (Phi) is 12.9. The zero-order chi connectivity index (χ0) is 34.7. The second-order valence-corrected chi connectivity index (χ2v) is 13.2. The third-order valence-corrected chi connectivity index (χ3v) is 8.07. The molecule has 1 aliphatic rings. The summed E-state index contributed by atoms with van der Waals surface area (Å²) in [5.41, 5.74) is 5.91. The fraction of sp³-hybridized carbons (Fsp3) is 0.417. The molecular formula is C36H44BrN3O8. The summed E-state index contributed by atoms with van der Waals surface area (Å²) in [6, 6.07) is 20.2. The summed E-state index contributed by atoms with van der Waals surface area (Å²) in [4.78, 5) is 32.2. The van der Waals surface area contributed by atoms with Crippen molar-refractivity contribution >= 4 is 33.7 Å². The molecule has 1 heterocycles. The molecule has 0 spiro atoms. The van der Waals surface area contributed by atoms with Crippen molar-refractivity contribution in [3.8, 4) is 17.2 Å². The zero-order valence-corrected chi connectivity index (χ0v) is 29.6. The van der Waals surface area contributed by atoms with E-state index >= 15 is 0 Å². The number of aliphatic hydroxyl groups excluding tert-OH is 1. The number of benzene rings is 3. The molecule has 0 aliphatic carbocycles. The van der Waals surface area contributed by atoms with Crippen LogP contribution in [0.15, 0.2) is 76.2 Å². The van der Waals surface area contributed by atoms with Gasteiger partial charge in [-0.2, -0.15) is 0 Å². The summed E-state index contributed by atoms with van der Waals surface area (Å²) in [7, 11) is 3.20. The highest BCUT2D eigenvalue weighted by molar-refractivity contribution is 9.10. The van der Waals surface area contributed by atoms with Gasteiger partial charge in [-0.15, -0.1) is 0 Å². The van der Waals surface area contributed by atoms with E-state index in [-0.39, 0.29) is 25.3 Å². The van der Waals surface area contributed by atoms with E-state index in [4.69, 9.17) is 33.8 Å². The number of amides is 1. The number of hydrogen-bond donors (Lipinski definition) is 3. The number of hydrazine groups is 1. The van der Waals surface area contributed by atoms with Crippen LogP contribution >= 0.6 is 15.9 Å². The van der Waals surface area contributed by atoms with E-state index < -0.39 is 29.1 Å². The summed E-state index contributed by atoms with van der Waals surface area (Å²) >= 11 is 3.49. The lowest BCUT2D eigenvalue weighted by Gasteiger charge is -2.31. The molecule has 4 rings (SSSR count). The second kappa shape index (κ2) is 16.8. The number of carbonyl (C=O) groups is 2. The van der Waals surface area contributed by atoms with Crippen molar-refractivity contribution in [3.63, 3.8) is 0 Å². The van der Waals surface area contributed by atoms with Crippen molar-refractivity contribution < 1.29 is 38.4 Å². The van der Waals surface area contributed by atoms with Gasteiger partial charge in [0, 0.05) is 36.0 Å². The van der Waals surface area contributed by atoms with Gasteiger partial charge in [-0.05, 0) is 99.3 Å². The minimum atomic E-state index is -1.53. The van der Waals surface area contributed by atoms with Crippen molar-refractivity contribution in [1.29, 1.82) is 0 Å². The van der Waals surface area contributed by atoms with Crippen molar-refractivity contribution in [2.45, 2.75) is 63.7 Å². The maximum absolute atomic E-state index is 14.3. The van der Waals surface area contributed by atoms with Gasteiger partial charge in [0.1, 0.15) is 22.8 Å². The number of halogens is 1. The van der Waals surface area contributed by atoms with E-state index in [1.807, 2.05) is 42.5 Å². The van der Waals surface area contributed by atoms with Gasteiger partial charge in [-0.25, -0.2) is 10.4 Å². The molecule has 3 N–H and O–H groups in total. The molecule has 258 valence electrons. The van der Waals surface area contributed by atoms with Crippen LogP contribution in [0.5, 0.6) is 17.2 Å². The quantitative estimate of drug-likeness (QED) is 0.0998. The highest BCUT2D eigenvalue weighted by Gasteiger charge is 2.53. The van der Waals surface area contributed by atoms with Crippen LogP contribution in [-0.4, -0.2) is 68.0 Å². The van der Waals surface area contributed by atoms with Gasteiger partial charge in [-0.3, -0.25) is 15.0 Å². The van der Waals surface area contributed by atoms with Crippen LogP contribution in [0.3, 0.4) is 0 Å². The predicted octanol–water partition coefficient (Wildman–Crippen LogP) is 5.47. The fourth-order valence-electron chi connectivity index (χ4n) is 5.22. The first-order valence-corrected chi connectivity index (χ1v) is 16.6. The van der Waals surface area contributed by atoms with Gasteiger partial charge in [-0.1, -0.05) is 28.1 Å². The predicted molar refractivity (Wildman–Crippen MR) is 185 cm³/mol. The van der Waals surface area contributed by atoms with Gasteiger partial charge >= 0.3 is 5.97 Å². The van der Waals surface area contributed by atoms with E-state index in [1.54, 1.807) is 59.3 Å². The van der Waals surface area contributed by atoms with Crippen LogP contribution < -0.4 is 25.1 Å². The summed E-state index contributed by atoms with van der Waals surface area (Å²) in [5.74, 6) is 1.37. The largest absolute Gasteiger partial charge is 0.497 e. The molecule has 3 aromatic rings. The van der Waals surface area contributed by atoms with Crippen LogP contribution in [0.1, 0.15) is 62.8 Å². The molecule has 2 atom stereocenters. The van der Waals surface area contributed by atoms with Gasteiger partial charge in [0.2, 0.25) is 5.90 Å².